The van der Waals surface area contributed by atoms with Crippen molar-refractivity contribution >= 4 is 11.6 Å². The Bertz CT molecular complexity index is 404. The van der Waals surface area contributed by atoms with Crippen LogP contribution in [0.15, 0.2) is 24.3 Å². The van der Waals surface area contributed by atoms with E-state index in [1.54, 1.807) is 0 Å². The number of benzene rings is 1. The summed E-state index contributed by atoms with van der Waals surface area (Å²) in [6.07, 6.45) is 5.16. The largest absolute Gasteiger partial charge is 0.310 e. The van der Waals surface area contributed by atoms with Gasteiger partial charge in [-0.25, -0.2) is 0 Å². The van der Waals surface area contributed by atoms with Gasteiger partial charge < -0.3 is 10.2 Å². The van der Waals surface area contributed by atoms with Crippen molar-refractivity contribution in [2.45, 2.75) is 38.6 Å². The summed E-state index contributed by atoms with van der Waals surface area (Å²) in [4.78, 5) is 2.48. The van der Waals surface area contributed by atoms with Gasteiger partial charge in [0.05, 0.1) is 0 Å². The third-order valence-electron chi connectivity index (χ3n) is 3.96. The van der Waals surface area contributed by atoms with Crippen molar-refractivity contribution in [3.8, 4) is 0 Å². The molecule has 1 aromatic rings. The van der Waals surface area contributed by atoms with Crippen molar-refractivity contribution in [2.75, 3.05) is 26.7 Å². The fraction of sp³-hybridized carbons (Fsp3) is 0.647. The average Bonchev–Trinajstić information content (AvgIpc) is 3.22. The lowest BCUT2D eigenvalue weighted by Crippen LogP contribution is -2.29. The molecule has 0 radical (unpaired) electrons. The Labute approximate surface area is 128 Å². The minimum atomic E-state index is 0.412. The SMILES string of the molecule is CCCNC(CCN(C)CC1CC1)c1cccc(Cl)c1. The van der Waals surface area contributed by atoms with E-state index >= 15 is 0 Å². The highest BCUT2D eigenvalue weighted by Gasteiger charge is 2.23. The van der Waals surface area contributed by atoms with Gasteiger partial charge in [-0.3, -0.25) is 0 Å². The molecule has 1 aromatic carbocycles. The van der Waals surface area contributed by atoms with Crippen LogP contribution in [0, 0.1) is 5.92 Å². The Hall–Kier alpha value is -0.570. The molecule has 112 valence electrons. The first kappa shape index (κ1) is 15.8. The minimum Gasteiger partial charge on any atom is -0.310 e. The molecule has 2 rings (SSSR count). The van der Waals surface area contributed by atoms with Gasteiger partial charge in [-0.05, 0) is 69.4 Å². The van der Waals surface area contributed by atoms with Crippen molar-refractivity contribution in [3.05, 3.63) is 34.9 Å². The molecule has 0 bridgehead atoms. The highest BCUT2D eigenvalue weighted by Crippen LogP contribution is 2.29. The molecule has 1 saturated carbocycles. The van der Waals surface area contributed by atoms with E-state index in [1.165, 1.54) is 24.9 Å². The molecule has 0 amide bonds. The fourth-order valence-electron chi connectivity index (χ4n) is 2.61. The zero-order chi connectivity index (χ0) is 14.4. The maximum Gasteiger partial charge on any atom is 0.0409 e. The molecule has 0 aliphatic heterocycles. The second-order valence-corrected chi connectivity index (χ2v) is 6.49. The van der Waals surface area contributed by atoms with Crippen LogP contribution in [-0.2, 0) is 0 Å². The van der Waals surface area contributed by atoms with Crippen molar-refractivity contribution < 1.29 is 0 Å². The lowest BCUT2D eigenvalue weighted by Gasteiger charge is -2.23. The van der Waals surface area contributed by atoms with E-state index in [9.17, 15) is 0 Å². The topological polar surface area (TPSA) is 15.3 Å². The van der Waals surface area contributed by atoms with Crippen LogP contribution in [0.4, 0.5) is 0 Å². The predicted octanol–water partition coefficient (Wildman–Crippen LogP) is 4.11. The summed E-state index contributed by atoms with van der Waals surface area (Å²) in [7, 11) is 2.24. The first-order chi connectivity index (χ1) is 9.69. The Balaban J connectivity index is 1.88. The Morgan fingerprint density at radius 2 is 2.20 bits per heavy atom. The summed E-state index contributed by atoms with van der Waals surface area (Å²) >= 11 is 6.12. The Morgan fingerprint density at radius 1 is 1.40 bits per heavy atom. The van der Waals surface area contributed by atoms with E-state index in [1.807, 2.05) is 12.1 Å². The normalized spacial score (nSPS) is 16.6. The minimum absolute atomic E-state index is 0.412. The second-order valence-electron chi connectivity index (χ2n) is 6.06. The molecule has 1 atom stereocenters. The number of nitrogens with zero attached hydrogens (tertiary/aromatic N) is 1. The van der Waals surface area contributed by atoms with Crippen molar-refractivity contribution in [2.24, 2.45) is 5.92 Å². The van der Waals surface area contributed by atoms with Crippen LogP contribution in [0.3, 0.4) is 0 Å². The summed E-state index contributed by atoms with van der Waals surface area (Å²) in [6, 6.07) is 8.68. The molecular weight excluding hydrogens is 268 g/mol. The van der Waals surface area contributed by atoms with Crippen LogP contribution < -0.4 is 5.32 Å². The van der Waals surface area contributed by atoms with E-state index in [-0.39, 0.29) is 0 Å². The molecule has 0 saturated heterocycles. The lowest BCUT2D eigenvalue weighted by atomic mass is 10.0. The quantitative estimate of drug-likeness (QED) is 0.737. The smallest absolute Gasteiger partial charge is 0.0409 e. The van der Waals surface area contributed by atoms with Gasteiger partial charge in [0.25, 0.3) is 0 Å². The number of halogens is 1. The molecule has 0 heterocycles. The number of hydrogen-bond donors (Lipinski definition) is 1. The number of hydrogen-bond acceptors (Lipinski definition) is 2. The fourth-order valence-corrected chi connectivity index (χ4v) is 2.81. The summed E-state index contributed by atoms with van der Waals surface area (Å²) < 4.78 is 0. The van der Waals surface area contributed by atoms with Gasteiger partial charge in [0, 0.05) is 17.6 Å². The molecule has 3 heteroatoms. The molecule has 1 unspecified atom stereocenters. The third kappa shape index (κ3) is 5.43. The van der Waals surface area contributed by atoms with Crippen molar-refractivity contribution in [1.29, 1.82) is 0 Å². The summed E-state index contributed by atoms with van der Waals surface area (Å²) in [5.74, 6) is 0.966. The predicted molar refractivity (Wildman–Crippen MR) is 87.3 cm³/mol. The average molecular weight is 295 g/mol. The molecule has 2 nitrogen and oxygen atoms in total. The van der Waals surface area contributed by atoms with Crippen LogP contribution in [0.2, 0.25) is 5.02 Å². The summed E-state index contributed by atoms with van der Waals surface area (Å²) in [5, 5.41) is 4.48. The maximum absolute atomic E-state index is 6.12. The first-order valence-electron chi connectivity index (χ1n) is 7.86. The van der Waals surface area contributed by atoms with E-state index in [0.29, 0.717) is 6.04 Å². The van der Waals surface area contributed by atoms with Crippen LogP contribution in [0.5, 0.6) is 0 Å². The Morgan fingerprint density at radius 3 is 2.85 bits per heavy atom. The zero-order valence-electron chi connectivity index (χ0n) is 12.7. The molecular formula is C17H27ClN2. The van der Waals surface area contributed by atoms with Crippen molar-refractivity contribution in [3.63, 3.8) is 0 Å². The van der Waals surface area contributed by atoms with Crippen LogP contribution in [0.25, 0.3) is 0 Å². The molecule has 1 fully saturated rings. The zero-order valence-corrected chi connectivity index (χ0v) is 13.5. The highest BCUT2D eigenvalue weighted by atomic mass is 35.5. The molecule has 20 heavy (non-hydrogen) atoms. The van der Waals surface area contributed by atoms with Crippen LogP contribution >= 0.6 is 11.6 Å². The monoisotopic (exact) mass is 294 g/mol. The Kier molecular flexibility index (Phi) is 6.34. The second kappa shape index (κ2) is 8.02. The third-order valence-corrected chi connectivity index (χ3v) is 4.19. The van der Waals surface area contributed by atoms with E-state index in [2.05, 4.69) is 36.3 Å². The van der Waals surface area contributed by atoms with Gasteiger partial charge in [-0.15, -0.1) is 0 Å². The van der Waals surface area contributed by atoms with E-state index < -0.39 is 0 Å². The molecule has 1 aliphatic carbocycles. The van der Waals surface area contributed by atoms with Gasteiger partial charge in [0.1, 0.15) is 0 Å². The van der Waals surface area contributed by atoms with Gasteiger partial charge in [0.2, 0.25) is 0 Å². The van der Waals surface area contributed by atoms with Crippen molar-refractivity contribution in [1.82, 2.24) is 10.2 Å². The highest BCUT2D eigenvalue weighted by molar-refractivity contribution is 6.30. The molecule has 0 spiro atoms. The summed E-state index contributed by atoms with van der Waals surface area (Å²) in [5.41, 5.74) is 1.31. The molecule has 0 aromatic heterocycles. The number of rotatable bonds is 9. The van der Waals surface area contributed by atoms with E-state index in [4.69, 9.17) is 11.6 Å². The molecule has 1 aliphatic rings. The first-order valence-corrected chi connectivity index (χ1v) is 8.24. The van der Waals surface area contributed by atoms with Crippen LogP contribution in [0.1, 0.15) is 44.2 Å². The van der Waals surface area contributed by atoms with Gasteiger partial charge in [0.15, 0.2) is 0 Å². The molecule has 1 N–H and O–H groups in total. The summed E-state index contributed by atoms with van der Waals surface area (Å²) in [6.45, 7) is 5.67. The maximum atomic E-state index is 6.12. The van der Waals surface area contributed by atoms with Crippen LogP contribution in [-0.4, -0.2) is 31.6 Å². The lowest BCUT2D eigenvalue weighted by molar-refractivity contribution is 0.296. The number of nitrogens with one attached hydrogen (secondary N) is 1. The standard InChI is InChI=1S/C17H27ClN2/c1-3-10-19-17(15-5-4-6-16(18)12-15)9-11-20(2)13-14-7-8-14/h4-6,12,14,17,19H,3,7-11,13H2,1-2H3. The van der Waals surface area contributed by atoms with Gasteiger partial charge >= 0.3 is 0 Å². The van der Waals surface area contributed by atoms with E-state index in [0.717, 1.165) is 36.9 Å². The van der Waals surface area contributed by atoms with Gasteiger partial charge in [-0.2, -0.15) is 0 Å². The van der Waals surface area contributed by atoms with Gasteiger partial charge in [-0.1, -0.05) is 30.7 Å².